The predicted molar refractivity (Wildman–Crippen MR) is 121 cm³/mol. The highest BCUT2D eigenvalue weighted by atomic mass is 16.3. The smallest absolute Gasteiger partial charge is 0.0682 e. The zero-order valence-corrected chi connectivity index (χ0v) is 19.5. The Balaban J connectivity index is 1.45. The van der Waals surface area contributed by atoms with Crippen LogP contribution in [0.2, 0.25) is 0 Å². The molecule has 3 saturated carbocycles. The summed E-state index contributed by atoms with van der Waals surface area (Å²) in [5.74, 6) is 5.14. The number of hydrogen-bond acceptors (Lipinski definition) is 2. The number of hydrogen-bond donors (Lipinski definition) is 2. The molecule has 0 aromatic heterocycles. The molecule has 3 fully saturated rings. The lowest BCUT2D eigenvalue weighted by molar-refractivity contribution is -0.0461. The van der Waals surface area contributed by atoms with Crippen LogP contribution in [0.3, 0.4) is 0 Å². The van der Waals surface area contributed by atoms with Crippen molar-refractivity contribution in [3.8, 4) is 0 Å². The van der Waals surface area contributed by atoms with Gasteiger partial charge in [-0.15, -0.1) is 0 Å². The van der Waals surface area contributed by atoms with Crippen LogP contribution in [0, 0.1) is 40.9 Å². The first kappa shape index (κ1) is 21.9. The van der Waals surface area contributed by atoms with Gasteiger partial charge >= 0.3 is 0 Å². The van der Waals surface area contributed by atoms with Crippen molar-refractivity contribution in [3.05, 3.63) is 11.6 Å². The van der Waals surface area contributed by atoms with Crippen molar-refractivity contribution < 1.29 is 10.2 Å². The molecule has 2 heteroatoms. The summed E-state index contributed by atoms with van der Waals surface area (Å²) in [7, 11) is 0. The van der Waals surface area contributed by atoms with Gasteiger partial charge < -0.3 is 10.2 Å². The molecule has 2 nitrogen and oxygen atoms in total. The van der Waals surface area contributed by atoms with Crippen LogP contribution in [-0.4, -0.2) is 21.9 Å². The van der Waals surface area contributed by atoms with E-state index in [2.05, 4.69) is 26.8 Å². The van der Waals surface area contributed by atoms with Crippen LogP contribution in [0.5, 0.6) is 0 Å². The molecule has 0 bridgehead atoms. The standard InChI is InChI=1S/C27H46O2/c1-5-27(29)16-14-21-20(17-27)9-10-23-22(21)13-15-26(4)24(11-12-25(23)26)18(2)7-6-8-19(3)28/h9,18-19,21-25,28-29H,5-8,10-17H2,1-4H3/t18?,19-,21-,22+,23+,24+,25-,26+,27-/m0/s1. The van der Waals surface area contributed by atoms with Gasteiger partial charge in [0.1, 0.15) is 0 Å². The number of fused-ring (bicyclic) bond motifs is 5. The number of aliphatic hydroxyl groups excluding tert-OH is 1. The van der Waals surface area contributed by atoms with Gasteiger partial charge in [0.15, 0.2) is 0 Å². The minimum Gasteiger partial charge on any atom is -0.393 e. The van der Waals surface area contributed by atoms with Gasteiger partial charge in [-0.3, -0.25) is 0 Å². The van der Waals surface area contributed by atoms with Crippen LogP contribution in [0.1, 0.15) is 105 Å². The Morgan fingerprint density at radius 2 is 1.86 bits per heavy atom. The third kappa shape index (κ3) is 3.98. The van der Waals surface area contributed by atoms with Crippen molar-refractivity contribution in [2.75, 3.05) is 0 Å². The highest BCUT2D eigenvalue weighted by Crippen LogP contribution is 2.65. The normalized spacial score (nSPS) is 46.3. The fraction of sp³-hybridized carbons (Fsp3) is 0.926. The van der Waals surface area contributed by atoms with E-state index < -0.39 is 5.60 Å². The Labute approximate surface area is 179 Å². The minimum absolute atomic E-state index is 0.145. The Morgan fingerprint density at radius 1 is 1.07 bits per heavy atom. The first-order valence-corrected chi connectivity index (χ1v) is 12.9. The molecule has 4 rings (SSSR count). The molecule has 0 aromatic rings. The van der Waals surface area contributed by atoms with Gasteiger partial charge in [0, 0.05) is 0 Å². The van der Waals surface area contributed by atoms with E-state index in [1.54, 1.807) is 5.57 Å². The summed E-state index contributed by atoms with van der Waals surface area (Å²) in [6.07, 6.45) is 16.9. The maximum Gasteiger partial charge on any atom is 0.0682 e. The SMILES string of the molecule is CC[C@]1(O)CC[C@H]2C(=CC[C@@H]3[C@@H]2CC[C@]2(C)[C@@H](C(C)CCC[C@H](C)O)CC[C@@H]32)C1. The first-order chi connectivity index (χ1) is 13.8. The van der Waals surface area contributed by atoms with Gasteiger partial charge in [-0.1, -0.05) is 45.3 Å². The van der Waals surface area contributed by atoms with Gasteiger partial charge in [-0.25, -0.2) is 0 Å². The van der Waals surface area contributed by atoms with Gasteiger partial charge in [0.05, 0.1) is 11.7 Å². The molecule has 2 N–H and O–H groups in total. The molecule has 9 atom stereocenters. The van der Waals surface area contributed by atoms with E-state index in [-0.39, 0.29) is 6.10 Å². The summed E-state index contributed by atoms with van der Waals surface area (Å²) < 4.78 is 0. The number of aliphatic hydroxyl groups is 2. The van der Waals surface area contributed by atoms with Crippen molar-refractivity contribution in [3.63, 3.8) is 0 Å². The van der Waals surface area contributed by atoms with Crippen molar-refractivity contribution >= 4 is 0 Å². The predicted octanol–water partition coefficient (Wildman–Crippen LogP) is 6.50. The van der Waals surface area contributed by atoms with E-state index in [4.69, 9.17) is 0 Å². The maximum atomic E-state index is 10.9. The monoisotopic (exact) mass is 402 g/mol. The van der Waals surface area contributed by atoms with Gasteiger partial charge in [0.25, 0.3) is 0 Å². The van der Waals surface area contributed by atoms with Crippen LogP contribution < -0.4 is 0 Å². The van der Waals surface area contributed by atoms with Gasteiger partial charge in [0.2, 0.25) is 0 Å². The highest BCUT2D eigenvalue weighted by molar-refractivity contribution is 5.22. The van der Waals surface area contributed by atoms with E-state index in [0.717, 1.165) is 61.2 Å². The van der Waals surface area contributed by atoms with E-state index in [1.807, 2.05) is 6.92 Å². The van der Waals surface area contributed by atoms with Crippen molar-refractivity contribution in [2.45, 2.75) is 116 Å². The minimum atomic E-state index is -0.418. The quantitative estimate of drug-likeness (QED) is 0.498. The van der Waals surface area contributed by atoms with Crippen LogP contribution in [-0.2, 0) is 0 Å². The van der Waals surface area contributed by atoms with Crippen LogP contribution in [0.15, 0.2) is 11.6 Å². The number of allylic oxidation sites excluding steroid dienone is 1. The molecule has 0 radical (unpaired) electrons. The fourth-order valence-electron chi connectivity index (χ4n) is 8.58. The fourth-order valence-corrected chi connectivity index (χ4v) is 8.58. The molecule has 0 amide bonds. The van der Waals surface area contributed by atoms with Crippen LogP contribution >= 0.6 is 0 Å². The molecular weight excluding hydrogens is 356 g/mol. The van der Waals surface area contributed by atoms with E-state index in [9.17, 15) is 10.2 Å². The van der Waals surface area contributed by atoms with E-state index in [0.29, 0.717) is 5.41 Å². The summed E-state index contributed by atoms with van der Waals surface area (Å²) in [4.78, 5) is 0. The summed E-state index contributed by atoms with van der Waals surface area (Å²) in [5.41, 5.74) is 1.74. The van der Waals surface area contributed by atoms with Gasteiger partial charge in [-0.05, 0) is 112 Å². The molecule has 0 aromatic carbocycles. The molecule has 166 valence electrons. The molecule has 0 spiro atoms. The van der Waals surface area contributed by atoms with Crippen molar-refractivity contribution in [2.24, 2.45) is 40.9 Å². The maximum absolute atomic E-state index is 10.9. The Morgan fingerprint density at radius 3 is 2.59 bits per heavy atom. The number of rotatable bonds is 6. The second kappa shape index (κ2) is 8.30. The molecule has 4 aliphatic carbocycles. The van der Waals surface area contributed by atoms with Gasteiger partial charge in [-0.2, -0.15) is 0 Å². The topological polar surface area (TPSA) is 40.5 Å². The van der Waals surface area contributed by atoms with E-state index >= 15 is 0 Å². The zero-order chi connectivity index (χ0) is 20.8. The molecule has 0 saturated heterocycles. The Bertz CT molecular complexity index is 610. The Hall–Kier alpha value is -0.340. The summed E-state index contributed by atoms with van der Waals surface area (Å²) in [5, 5.41) is 20.5. The lowest BCUT2D eigenvalue weighted by Gasteiger charge is -2.55. The molecule has 0 aliphatic heterocycles. The average molecular weight is 403 g/mol. The molecular formula is C27H46O2. The van der Waals surface area contributed by atoms with Crippen LogP contribution in [0.4, 0.5) is 0 Å². The third-order valence-corrected chi connectivity index (χ3v) is 10.3. The first-order valence-electron chi connectivity index (χ1n) is 12.9. The largest absolute Gasteiger partial charge is 0.393 e. The van der Waals surface area contributed by atoms with Crippen molar-refractivity contribution in [1.82, 2.24) is 0 Å². The lowest BCUT2D eigenvalue weighted by Crippen LogP contribution is -2.48. The van der Waals surface area contributed by atoms with Crippen LogP contribution in [0.25, 0.3) is 0 Å². The molecule has 4 aliphatic rings. The molecule has 29 heavy (non-hydrogen) atoms. The lowest BCUT2D eigenvalue weighted by atomic mass is 9.50. The third-order valence-electron chi connectivity index (χ3n) is 10.3. The Kier molecular flexibility index (Phi) is 6.26. The second-order valence-corrected chi connectivity index (χ2v) is 11.8. The molecule has 1 unspecified atom stereocenters. The van der Waals surface area contributed by atoms with E-state index in [1.165, 1.54) is 51.4 Å². The summed E-state index contributed by atoms with van der Waals surface area (Å²) in [6, 6.07) is 0. The summed E-state index contributed by atoms with van der Waals surface area (Å²) in [6.45, 7) is 9.22. The van der Waals surface area contributed by atoms with Crippen molar-refractivity contribution in [1.29, 1.82) is 0 Å². The highest BCUT2D eigenvalue weighted by Gasteiger charge is 2.57. The zero-order valence-electron chi connectivity index (χ0n) is 19.5. The second-order valence-electron chi connectivity index (χ2n) is 11.8. The average Bonchev–Trinajstić information content (AvgIpc) is 3.04. The summed E-state index contributed by atoms with van der Waals surface area (Å²) >= 11 is 0. The molecule has 0 heterocycles.